The molecule has 3 aromatic rings. The average Bonchev–Trinajstić information content (AvgIpc) is 2.47. The van der Waals surface area contributed by atoms with Gasteiger partial charge in [-0.3, -0.25) is 4.79 Å². The van der Waals surface area contributed by atoms with Gasteiger partial charge in [-0.2, -0.15) is 9.37 Å². The van der Waals surface area contributed by atoms with E-state index in [1.54, 1.807) is 0 Å². The summed E-state index contributed by atoms with van der Waals surface area (Å²) >= 11 is 5.79. The van der Waals surface area contributed by atoms with Crippen molar-refractivity contribution < 1.29 is 8.78 Å². The Bertz CT molecular complexity index is 935. The molecule has 4 nitrogen and oxygen atoms in total. The topological polar surface area (TPSA) is 58.6 Å². The Morgan fingerprint density at radius 1 is 1.00 bits per heavy atom. The summed E-state index contributed by atoms with van der Waals surface area (Å²) in [5, 5.41) is 0.411. The maximum Gasteiger partial charge on any atom is 0.260 e. The van der Waals surface area contributed by atoms with Gasteiger partial charge >= 0.3 is 0 Å². The largest absolute Gasteiger partial charge is 0.306 e. The first-order valence-electron chi connectivity index (χ1n) is 7.56. The Hall–Kier alpha value is -2.34. The van der Waals surface area contributed by atoms with Gasteiger partial charge in [0.2, 0.25) is 5.95 Å². The molecule has 0 bridgehead atoms. The van der Waals surface area contributed by atoms with Crippen LogP contribution < -0.4 is 5.56 Å². The SMILES string of the molecule is C1CCC1.O=c1[nH]c(-c2cc(Cl)ccc2F)nc2nc(F)ccc12. The van der Waals surface area contributed by atoms with Gasteiger partial charge in [-0.05, 0) is 30.3 Å². The third-order valence-corrected chi connectivity index (χ3v) is 3.95. The monoisotopic (exact) mass is 349 g/mol. The number of hydrogen-bond donors (Lipinski definition) is 1. The second-order valence-electron chi connectivity index (χ2n) is 5.46. The lowest BCUT2D eigenvalue weighted by Crippen LogP contribution is -2.11. The molecule has 24 heavy (non-hydrogen) atoms. The summed E-state index contributed by atoms with van der Waals surface area (Å²) in [5.74, 6) is -1.43. The smallest absolute Gasteiger partial charge is 0.260 e. The number of nitrogens with zero attached hydrogens (tertiary/aromatic N) is 2. The minimum absolute atomic E-state index is 0.0163. The summed E-state index contributed by atoms with van der Waals surface area (Å²) in [4.78, 5) is 21.8. The Balaban J connectivity index is 0.000000370. The van der Waals surface area contributed by atoms with Gasteiger partial charge in [0, 0.05) is 5.02 Å². The van der Waals surface area contributed by atoms with Crippen LogP contribution in [0.25, 0.3) is 22.4 Å². The highest BCUT2D eigenvalue weighted by molar-refractivity contribution is 6.30. The second-order valence-corrected chi connectivity index (χ2v) is 5.89. The van der Waals surface area contributed by atoms with Gasteiger partial charge in [0.1, 0.15) is 11.6 Å². The van der Waals surface area contributed by atoms with Crippen molar-refractivity contribution in [2.75, 3.05) is 0 Å². The fourth-order valence-electron chi connectivity index (χ4n) is 2.05. The second kappa shape index (κ2) is 7.05. The first-order valence-corrected chi connectivity index (χ1v) is 7.94. The fraction of sp³-hybridized carbons (Fsp3) is 0.235. The van der Waals surface area contributed by atoms with Gasteiger partial charge in [-0.1, -0.05) is 37.3 Å². The highest BCUT2D eigenvalue weighted by Gasteiger charge is 2.12. The molecule has 1 N–H and O–H groups in total. The van der Waals surface area contributed by atoms with E-state index in [0.29, 0.717) is 0 Å². The fourth-order valence-corrected chi connectivity index (χ4v) is 2.23. The molecule has 0 aliphatic heterocycles. The van der Waals surface area contributed by atoms with E-state index in [1.165, 1.54) is 43.9 Å². The van der Waals surface area contributed by atoms with Gasteiger partial charge in [0.25, 0.3) is 5.56 Å². The van der Waals surface area contributed by atoms with Crippen molar-refractivity contribution in [2.45, 2.75) is 25.7 Å². The van der Waals surface area contributed by atoms with E-state index in [0.717, 1.165) is 12.1 Å². The van der Waals surface area contributed by atoms with Crippen molar-refractivity contribution in [1.82, 2.24) is 15.0 Å². The van der Waals surface area contributed by atoms with Crippen LogP contribution in [-0.4, -0.2) is 15.0 Å². The molecule has 0 spiro atoms. The lowest BCUT2D eigenvalue weighted by molar-refractivity contribution is 0.504. The van der Waals surface area contributed by atoms with Crippen LogP contribution in [0.1, 0.15) is 25.7 Å². The van der Waals surface area contributed by atoms with Crippen LogP contribution in [0.15, 0.2) is 35.1 Å². The van der Waals surface area contributed by atoms with E-state index >= 15 is 0 Å². The number of benzene rings is 1. The maximum atomic E-state index is 13.8. The van der Waals surface area contributed by atoms with E-state index < -0.39 is 17.3 Å². The summed E-state index contributed by atoms with van der Waals surface area (Å²) in [6, 6.07) is 6.17. The van der Waals surface area contributed by atoms with Crippen molar-refractivity contribution in [3.8, 4) is 11.4 Å². The number of aromatic amines is 1. The lowest BCUT2D eigenvalue weighted by atomic mass is 10.0. The third-order valence-electron chi connectivity index (χ3n) is 3.72. The molecule has 7 heteroatoms. The van der Waals surface area contributed by atoms with E-state index in [1.807, 2.05) is 0 Å². The molecule has 1 aliphatic carbocycles. The molecule has 0 saturated heterocycles. The van der Waals surface area contributed by atoms with Gasteiger partial charge in [0.15, 0.2) is 5.65 Å². The van der Waals surface area contributed by atoms with Crippen molar-refractivity contribution in [3.63, 3.8) is 0 Å². The molecule has 0 unspecified atom stereocenters. The van der Waals surface area contributed by atoms with E-state index in [2.05, 4.69) is 15.0 Å². The standard InChI is InChI=1S/C13H6ClF2N3O.C4H8/c14-6-1-3-9(15)8(5-6)12-18-11-7(13(20)19-12)2-4-10(16)17-11;1-2-4-3-1/h1-5H,(H,17,18,19,20);1-4H2. The quantitative estimate of drug-likeness (QED) is 0.659. The molecule has 2 heterocycles. The first kappa shape index (κ1) is 16.5. The van der Waals surface area contributed by atoms with Crippen LogP contribution in [0.3, 0.4) is 0 Å². The molecular formula is C17H14ClF2N3O. The molecule has 1 fully saturated rings. The molecule has 1 aliphatic rings. The van der Waals surface area contributed by atoms with Crippen molar-refractivity contribution in [2.24, 2.45) is 0 Å². The first-order chi connectivity index (χ1) is 11.5. The summed E-state index contributed by atoms with van der Waals surface area (Å²) in [5.41, 5.74) is -0.609. The molecule has 0 amide bonds. The zero-order chi connectivity index (χ0) is 17.1. The zero-order valence-electron chi connectivity index (χ0n) is 12.7. The van der Waals surface area contributed by atoms with Gasteiger partial charge in [0.05, 0.1) is 10.9 Å². The number of halogens is 3. The van der Waals surface area contributed by atoms with Crippen LogP contribution in [0, 0.1) is 11.8 Å². The van der Waals surface area contributed by atoms with Crippen LogP contribution in [-0.2, 0) is 0 Å². The van der Waals surface area contributed by atoms with Crippen molar-refractivity contribution in [3.05, 3.63) is 57.5 Å². The molecule has 2 aromatic heterocycles. The van der Waals surface area contributed by atoms with Gasteiger partial charge < -0.3 is 4.98 Å². The molecule has 1 saturated carbocycles. The number of fused-ring (bicyclic) bond motifs is 1. The molecule has 0 atom stereocenters. The van der Waals surface area contributed by atoms with E-state index in [-0.39, 0.29) is 27.4 Å². The predicted octanol–water partition coefficient (Wildman–Crippen LogP) is 4.48. The maximum absolute atomic E-state index is 13.8. The number of nitrogens with one attached hydrogen (secondary N) is 1. The lowest BCUT2D eigenvalue weighted by Gasteiger charge is -2.05. The Morgan fingerprint density at radius 2 is 1.71 bits per heavy atom. The van der Waals surface area contributed by atoms with Crippen molar-refractivity contribution >= 4 is 22.6 Å². The summed E-state index contributed by atoms with van der Waals surface area (Å²) in [6.45, 7) is 0. The summed E-state index contributed by atoms with van der Waals surface area (Å²) < 4.78 is 26.8. The highest BCUT2D eigenvalue weighted by Crippen LogP contribution is 2.23. The Labute approximate surface area is 141 Å². The Kier molecular flexibility index (Phi) is 4.85. The number of hydrogen-bond acceptors (Lipinski definition) is 3. The minimum Gasteiger partial charge on any atom is -0.306 e. The van der Waals surface area contributed by atoms with Crippen LogP contribution in [0.5, 0.6) is 0 Å². The van der Waals surface area contributed by atoms with Crippen LogP contribution >= 0.6 is 11.6 Å². The highest BCUT2D eigenvalue weighted by atomic mass is 35.5. The molecule has 1 aromatic carbocycles. The molecule has 4 rings (SSSR count). The van der Waals surface area contributed by atoms with E-state index in [4.69, 9.17) is 11.6 Å². The van der Waals surface area contributed by atoms with Crippen LogP contribution in [0.4, 0.5) is 8.78 Å². The number of H-pyrrole nitrogens is 1. The summed E-state index contributed by atoms with van der Waals surface area (Å²) in [7, 11) is 0. The molecular weight excluding hydrogens is 336 g/mol. The number of rotatable bonds is 1. The van der Waals surface area contributed by atoms with E-state index in [9.17, 15) is 13.6 Å². The molecule has 124 valence electrons. The minimum atomic E-state index is -0.770. The van der Waals surface area contributed by atoms with Gasteiger partial charge in [-0.25, -0.2) is 9.37 Å². The Morgan fingerprint density at radius 3 is 2.38 bits per heavy atom. The average molecular weight is 350 g/mol. The third kappa shape index (κ3) is 3.59. The zero-order valence-corrected chi connectivity index (χ0v) is 13.4. The molecule has 0 radical (unpaired) electrons. The number of aromatic nitrogens is 3. The predicted molar refractivity (Wildman–Crippen MR) is 89.0 cm³/mol. The van der Waals surface area contributed by atoms with Gasteiger partial charge in [-0.15, -0.1) is 0 Å². The van der Waals surface area contributed by atoms with Crippen molar-refractivity contribution in [1.29, 1.82) is 0 Å². The normalized spacial score (nSPS) is 13.1. The van der Waals surface area contributed by atoms with Crippen LogP contribution in [0.2, 0.25) is 5.02 Å². The number of pyridine rings is 1. The summed E-state index contributed by atoms with van der Waals surface area (Å²) in [6.07, 6.45) is 6.00.